The molecule has 28 heavy (non-hydrogen) atoms. The lowest BCUT2D eigenvalue weighted by Crippen LogP contribution is -2.19. The third kappa shape index (κ3) is 3.67. The van der Waals surface area contributed by atoms with Crippen molar-refractivity contribution in [3.8, 4) is 11.5 Å². The minimum Gasteiger partial charge on any atom is -0.507 e. The van der Waals surface area contributed by atoms with Gasteiger partial charge in [0.2, 0.25) is 0 Å². The summed E-state index contributed by atoms with van der Waals surface area (Å²) < 4.78 is 5.56. The quantitative estimate of drug-likeness (QED) is 0.693. The van der Waals surface area contributed by atoms with Crippen molar-refractivity contribution in [1.82, 2.24) is 0 Å². The van der Waals surface area contributed by atoms with Gasteiger partial charge in [-0.1, -0.05) is 41.5 Å². The van der Waals surface area contributed by atoms with Crippen LogP contribution < -0.4 is 4.74 Å². The summed E-state index contributed by atoms with van der Waals surface area (Å²) in [5.41, 5.74) is 4.77. The topological polar surface area (TPSA) is 46.5 Å². The predicted molar refractivity (Wildman–Crippen MR) is 114 cm³/mol. The molecule has 0 saturated heterocycles. The van der Waals surface area contributed by atoms with Crippen LogP contribution in [0.4, 0.5) is 0 Å². The number of carbonyl (C=O) groups is 1. The minimum absolute atomic E-state index is 0.0532. The molecule has 3 heteroatoms. The first-order chi connectivity index (χ1) is 12.9. The lowest BCUT2D eigenvalue weighted by molar-refractivity contribution is 0.103. The highest BCUT2D eigenvalue weighted by molar-refractivity contribution is 6.11. The van der Waals surface area contributed by atoms with Gasteiger partial charge in [0, 0.05) is 16.7 Å². The number of phenols is 1. The SMILES string of the molecule is COc1cc2c(cc1C(=O)c1cc(C(C)(C)C)c(O)c(C(C)(C)C)c1)CCC2. The lowest BCUT2D eigenvalue weighted by atomic mass is 9.77. The van der Waals surface area contributed by atoms with Crippen LogP contribution in [0.2, 0.25) is 0 Å². The molecule has 0 spiro atoms. The van der Waals surface area contributed by atoms with E-state index < -0.39 is 0 Å². The van der Waals surface area contributed by atoms with Crippen molar-refractivity contribution >= 4 is 5.78 Å². The molecule has 1 aliphatic carbocycles. The summed E-state index contributed by atoms with van der Waals surface area (Å²) in [5, 5.41) is 10.9. The zero-order valence-corrected chi connectivity index (χ0v) is 18.2. The Labute approximate surface area is 168 Å². The number of carbonyl (C=O) groups excluding carboxylic acids is 1. The van der Waals surface area contributed by atoms with Crippen molar-refractivity contribution in [2.24, 2.45) is 0 Å². The van der Waals surface area contributed by atoms with Gasteiger partial charge in [-0.05, 0) is 65.5 Å². The minimum atomic E-state index is -0.275. The van der Waals surface area contributed by atoms with Crippen molar-refractivity contribution in [3.05, 3.63) is 57.6 Å². The molecule has 0 heterocycles. The number of hydrogen-bond acceptors (Lipinski definition) is 3. The molecule has 150 valence electrons. The average molecular weight is 381 g/mol. The van der Waals surface area contributed by atoms with Crippen LogP contribution in [-0.4, -0.2) is 18.0 Å². The maximum Gasteiger partial charge on any atom is 0.196 e. The number of rotatable bonds is 3. The van der Waals surface area contributed by atoms with Gasteiger partial charge < -0.3 is 9.84 Å². The van der Waals surface area contributed by atoms with Crippen molar-refractivity contribution in [1.29, 1.82) is 0 Å². The molecule has 1 aliphatic rings. The number of fused-ring (bicyclic) bond motifs is 1. The smallest absolute Gasteiger partial charge is 0.196 e. The molecule has 2 aromatic rings. The third-order valence-electron chi connectivity index (χ3n) is 5.65. The van der Waals surface area contributed by atoms with E-state index in [0.29, 0.717) is 16.9 Å². The first-order valence-corrected chi connectivity index (χ1v) is 10.1. The molecule has 3 rings (SSSR count). The van der Waals surface area contributed by atoms with Gasteiger partial charge in [0.25, 0.3) is 0 Å². The van der Waals surface area contributed by atoms with Gasteiger partial charge in [-0.2, -0.15) is 0 Å². The van der Waals surface area contributed by atoms with Crippen molar-refractivity contribution in [2.75, 3.05) is 7.11 Å². The third-order valence-corrected chi connectivity index (χ3v) is 5.65. The molecule has 0 aromatic heterocycles. The number of benzene rings is 2. The van der Waals surface area contributed by atoms with Gasteiger partial charge in [-0.3, -0.25) is 4.79 Å². The van der Waals surface area contributed by atoms with Gasteiger partial charge in [0.15, 0.2) is 5.78 Å². The highest BCUT2D eigenvalue weighted by atomic mass is 16.5. The lowest BCUT2D eigenvalue weighted by Gasteiger charge is -2.28. The largest absolute Gasteiger partial charge is 0.507 e. The second-order valence-electron chi connectivity index (χ2n) is 9.92. The molecule has 0 unspecified atom stereocenters. The standard InChI is InChI=1S/C25H32O3/c1-24(2,3)19-12-17(13-20(23(19)27)25(4,5)6)22(26)18-11-15-9-8-10-16(15)14-21(18)28-7/h11-14,27H,8-10H2,1-7H3. The maximum atomic E-state index is 13.5. The van der Waals surface area contributed by atoms with E-state index in [4.69, 9.17) is 4.74 Å². The van der Waals surface area contributed by atoms with Crippen LogP contribution >= 0.6 is 0 Å². The Morgan fingerprint density at radius 2 is 1.39 bits per heavy atom. The number of ether oxygens (including phenoxy) is 1. The number of methoxy groups -OCH3 is 1. The van der Waals surface area contributed by atoms with Gasteiger partial charge in [0.1, 0.15) is 11.5 Å². The summed E-state index contributed by atoms with van der Waals surface area (Å²) in [7, 11) is 1.62. The molecule has 0 radical (unpaired) electrons. The van der Waals surface area contributed by atoms with Crippen molar-refractivity contribution in [3.63, 3.8) is 0 Å². The first-order valence-electron chi connectivity index (χ1n) is 10.1. The van der Waals surface area contributed by atoms with Gasteiger partial charge in [-0.15, -0.1) is 0 Å². The molecule has 0 atom stereocenters. The Kier molecular flexibility index (Phi) is 5.07. The normalized spacial score (nSPS) is 14.1. The van der Waals surface area contributed by atoms with Crippen LogP contribution in [0, 0.1) is 0 Å². The van der Waals surface area contributed by atoms with Gasteiger partial charge in [0.05, 0.1) is 12.7 Å². The molecule has 2 aromatic carbocycles. The van der Waals surface area contributed by atoms with Crippen molar-refractivity contribution < 1.29 is 14.6 Å². The summed E-state index contributed by atoms with van der Waals surface area (Å²) >= 11 is 0. The monoisotopic (exact) mass is 380 g/mol. The van der Waals surface area contributed by atoms with Crippen LogP contribution in [0.15, 0.2) is 24.3 Å². The molecular weight excluding hydrogens is 348 g/mol. The van der Waals surface area contributed by atoms with Crippen molar-refractivity contribution in [2.45, 2.75) is 71.6 Å². The van der Waals surface area contributed by atoms with E-state index in [1.807, 2.05) is 24.3 Å². The molecule has 0 saturated carbocycles. The number of hydrogen-bond donors (Lipinski definition) is 1. The van der Waals surface area contributed by atoms with E-state index in [0.717, 1.165) is 30.4 Å². The summed E-state index contributed by atoms with van der Waals surface area (Å²) in [6.07, 6.45) is 3.18. The number of phenolic OH excluding ortho intramolecular Hbond substituents is 1. The maximum absolute atomic E-state index is 13.5. The number of aryl methyl sites for hydroxylation is 2. The van der Waals surface area contributed by atoms with Gasteiger partial charge >= 0.3 is 0 Å². The molecule has 0 bridgehead atoms. The highest BCUT2D eigenvalue weighted by Crippen LogP contribution is 2.41. The summed E-state index contributed by atoms with van der Waals surface area (Å²) in [5.74, 6) is 0.869. The Bertz CT molecular complexity index is 889. The van der Waals surface area contributed by atoms with E-state index >= 15 is 0 Å². The Morgan fingerprint density at radius 3 is 1.86 bits per heavy atom. The molecule has 1 N–H and O–H groups in total. The second kappa shape index (κ2) is 6.95. The van der Waals surface area contributed by atoms with Gasteiger partial charge in [-0.25, -0.2) is 0 Å². The molecule has 3 nitrogen and oxygen atoms in total. The molecule has 0 fully saturated rings. The van der Waals surface area contributed by atoms with E-state index in [1.54, 1.807) is 7.11 Å². The van der Waals surface area contributed by atoms with Crippen LogP contribution in [0.25, 0.3) is 0 Å². The molecule has 0 aliphatic heterocycles. The van der Waals surface area contributed by atoms with Crippen LogP contribution in [0.1, 0.15) is 86.1 Å². The van der Waals surface area contributed by atoms with E-state index in [2.05, 4.69) is 41.5 Å². The molecular formula is C25H32O3. The summed E-state index contributed by atoms with van der Waals surface area (Å²) in [4.78, 5) is 13.5. The second-order valence-corrected chi connectivity index (χ2v) is 9.92. The van der Waals surface area contributed by atoms with Crippen LogP contribution in [-0.2, 0) is 23.7 Å². The summed E-state index contributed by atoms with van der Waals surface area (Å²) in [6.45, 7) is 12.3. The number of ketones is 1. The fourth-order valence-corrected chi connectivity index (χ4v) is 4.01. The number of aromatic hydroxyl groups is 1. The Hall–Kier alpha value is -2.29. The highest BCUT2D eigenvalue weighted by Gasteiger charge is 2.29. The van der Waals surface area contributed by atoms with E-state index in [-0.39, 0.29) is 22.4 Å². The average Bonchev–Trinajstić information content (AvgIpc) is 3.05. The zero-order valence-electron chi connectivity index (χ0n) is 18.2. The van der Waals surface area contributed by atoms with Crippen LogP contribution in [0.5, 0.6) is 11.5 Å². The van der Waals surface area contributed by atoms with Crippen LogP contribution in [0.3, 0.4) is 0 Å². The fraction of sp³-hybridized carbons (Fsp3) is 0.480. The summed E-state index contributed by atoms with van der Waals surface area (Å²) in [6, 6.07) is 7.72. The first kappa shape index (κ1) is 20.4. The zero-order chi connectivity index (χ0) is 20.9. The predicted octanol–water partition coefficient (Wildman–Crippen LogP) is 5.72. The Balaban J connectivity index is 2.20. The van der Waals surface area contributed by atoms with E-state index in [9.17, 15) is 9.90 Å². The fourth-order valence-electron chi connectivity index (χ4n) is 4.01. The molecule has 0 amide bonds. The Morgan fingerprint density at radius 1 is 0.893 bits per heavy atom. The van der Waals surface area contributed by atoms with E-state index in [1.165, 1.54) is 11.1 Å².